The molecule has 0 radical (unpaired) electrons. The summed E-state index contributed by atoms with van der Waals surface area (Å²) < 4.78 is 30.5. The van der Waals surface area contributed by atoms with Crippen molar-refractivity contribution in [1.82, 2.24) is 24.2 Å². The normalized spacial score (nSPS) is 18.0. The lowest BCUT2D eigenvalue weighted by Crippen LogP contribution is -2.60. The van der Waals surface area contributed by atoms with Crippen molar-refractivity contribution in [2.24, 2.45) is 7.05 Å². The summed E-state index contributed by atoms with van der Waals surface area (Å²) in [4.78, 5) is 25.4. The molecule has 1 atom stereocenters. The van der Waals surface area contributed by atoms with Gasteiger partial charge >= 0.3 is 16.2 Å². The number of hydrogen-bond acceptors (Lipinski definition) is 5. The van der Waals surface area contributed by atoms with Crippen LogP contribution in [0.15, 0.2) is 30.3 Å². The average Bonchev–Trinajstić information content (AvgIpc) is 3.23. The lowest BCUT2D eigenvalue weighted by Gasteiger charge is -2.43. The molecule has 0 aliphatic carbocycles. The van der Waals surface area contributed by atoms with Crippen LogP contribution in [-0.4, -0.2) is 49.4 Å². The molecular weight excluding hydrogens is 539 g/mol. The van der Waals surface area contributed by atoms with Crippen LogP contribution in [0.25, 0.3) is 10.9 Å². The Balaban J connectivity index is 1.77. The fraction of sp³-hybridized carbons (Fsp3) is 0.292. The van der Waals surface area contributed by atoms with Gasteiger partial charge in [0.1, 0.15) is 16.2 Å². The van der Waals surface area contributed by atoms with E-state index in [0.29, 0.717) is 34.9 Å². The molecule has 2 aromatic carbocycles. The first-order valence-corrected chi connectivity index (χ1v) is 13.3. The average molecular weight is 561 g/mol. The number of halogens is 2. The third-order valence-corrected chi connectivity index (χ3v) is 8.54. The highest BCUT2D eigenvalue weighted by atomic mass is 35.5. The number of piperidine rings is 1. The summed E-state index contributed by atoms with van der Waals surface area (Å²) in [6.45, 7) is -0.0365. The van der Waals surface area contributed by atoms with Crippen molar-refractivity contribution in [3.63, 3.8) is 0 Å². The van der Waals surface area contributed by atoms with Gasteiger partial charge in [-0.25, -0.2) is 9.52 Å². The lowest BCUT2D eigenvalue weighted by atomic mass is 9.82. The molecule has 0 spiro atoms. The number of nitrogens with one attached hydrogen (secondary N) is 3. The molecule has 1 saturated heterocycles. The zero-order chi connectivity index (χ0) is 27.0. The van der Waals surface area contributed by atoms with Crippen molar-refractivity contribution in [3.8, 4) is 6.07 Å². The number of aromatic nitrogens is 1. The largest absolute Gasteiger partial charge is 0.340 e. The maximum atomic E-state index is 13.7. The summed E-state index contributed by atoms with van der Waals surface area (Å²) in [5.74, 6) is -0.500. The number of nitriles is 1. The summed E-state index contributed by atoms with van der Waals surface area (Å²) in [5, 5.41) is 15.6. The number of amides is 3. The Morgan fingerprint density at radius 2 is 1.97 bits per heavy atom. The second-order valence-corrected chi connectivity index (χ2v) is 11.0. The van der Waals surface area contributed by atoms with Gasteiger partial charge in [-0.05, 0) is 48.7 Å². The van der Waals surface area contributed by atoms with Gasteiger partial charge in [-0.3, -0.25) is 4.79 Å². The van der Waals surface area contributed by atoms with E-state index in [1.807, 2.05) is 4.72 Å². The maximum Gasteiger partial charge on any atom is 0.329 e. The summed E-state index contributed by atoms with van der Waals surface area (Å²) in [5.41, 5.74) is 0.462. The van der Waals surface area contributed by atoms with Crippen molar-refractivity contribution in [2.45, 2.75) is 18.4 Å². The van der Waals surface area contributed by atoms with E-state index < -0.39 is 27.7 Å². The zero-order valence-corrected chi connectivity index (χ0v) is 22.2. The van der Waals surface area contributed by atoms with E-state index in [0.717, 1.165) is 4.31 Å². The first kappa shape index (κ1) is 26.6. The Morgan fingerprint density at radius 1 is 1.22 bits per heavy atom. The molecule has 0 saturated carbocycles. The second-order valence-electron chi connectivity index (χ2n) is 8.58. The molecule has 192 valence electrons. The van der Waals surface area contributed by atoms with Crippen LogP contribution < -0.4 is 15.4 Å². The predicted molar refractivity (Wildman–Crippen MR) is 138 cm³/mol. The Hall–Kier alpha value is -3.48. The minimum Gasteiger partial charge on any atom is -0.340 e. The van der Waals surface area contributed by atoms with Gasteiger partial charge in [0.05, 0.1) is 22.2 Å². The molecule has 1 aromatic heterocycles. The highest BCUT2D eigenvalue weighted by molar-refractivity contribution is 7.87. The zero-order valence-electron chi connectivity index (χ0n) is 19.9. The summed E-state index contributed by atoms with van der Waals surface area (Å²) >= 11 is 12.4. The maximum absolute atomic E-state index is 13.7. The topological polar surface area (TPSA) is 136 Å². The lowest BCUT2D eigenvalue weighted by molar-refractivity contribution is 0.0835. The Kier molecular flexibility index (Phi) is 7.27. The minimum atomic E-state index is -4.22. The van der Waals surface area contributed by atoms with Crippen molar-refractivity contribution in [3.05, 3.63) is 69.3 Å². The van der Waals surface area contributed by atoms with Crippen LogP contribution in [-0.2, 0) is 22.8 Å². The van der Waals surface area contributed by atoms with Crippen molar-refractivity contribution >= 4 is 56.3 Å². The van der Waals surface area contributed by atoms with Crippen LogP contribution >= 0.6 is 23.2 Å². The minimum absolute atomic E-state index is 0.134. The van der Waals surface area contributed by atoms with Gasteiger partial charge in [-0.15, -0.1) is 0 Å². The molecule has 1 aliphatic rings. The van der Waals surface area contributed by atoms with E-state index in [4.69, 9.17) is 23.2 Å². The molecule has 10 nitrogen and oxygen atoms in total. The molecule has 1 unspecified atom stereocenters. The molecule has 4 rings (SSSR count). The first-order chi connectivity index (χ1) is 17.5. The molecule has 3 N–H and O–H groups in total. The quantitative estimate of drug-likeness (QED) is 0.440. The number of hydrogen-bond donors (Lipinski definition) is 3. The smallest absolute Gasteiger partial charge is 0.329 e. The molecule has 3 aromatic rings. The molecule has 1 aliphatic heterocycles. The number of benzene rings is 1. The van der Waals surface area contributed by atoms with E-state index in [1.165, 1.54) is 7.05 Å². The fourth-order valence-corrected chi connectivity index (χ4v) is 6.02. The number of carbonyl (C=O) groups excluding carboxylic acids is 2. The number of carbonyl (C=O) groups is 2. The highest BCUT2D eigenvalue weighted by Gasteiger charge is 2.43. The number of aryl methyl sites for hydroxylation is 1. The van der Waals surface area contributed by atoms with E-state index in [-0.39, 0.29) is 28.8 Å². The second kappa shape index (κ2) is 10.1. The van der Waals surface area contributed by atoms with Gasteiger partial charge in [-0.2, -0.15) is 18.0 Å². The highest BCUT2D eigenvalue weighted by Crippen LogP contribution is 2.35. The van der Waals surface area contributed by atoms with E-state index in [9.17, 15) is 23.3 Å². The number of urea groups is 1. The van der Waals surface area contributed by atoms with Crippen LogP contribution in [0.5, 0.6) is 0 Å². The Bertz CT molecular complexity index is 1550. The van der Waals surface area contributed by atoms with Crippen LogP contribution in [0.2, 0.25) is 10.0 Å². The van der Waals surface area contributed by atoms with Crippen LogP contribution in [0.1, 0.15) is 34.5 Å². The molecular formula is C24H22Cl2N6O4S. The van der Waals surface area contributed by atoms with E-state index in [2.05, 4.69) is 28.8 Å². The SMILES string of the molecule is CNC(=O)NS(=O)(=O)N1CCCC(NC(=O)c2cc3c(Cl)c(Cl)c#cc3n2C)(c2cccc(C#N)c2)C1. The predicted octanol–water partition coefficient (Wildman–Crippen LogP) is 2.85. The van der Waals surface area contributed by atoms with Gasteiger partial charge in [0, 0.05) is 32.6 Å². The third kappa shape index (κ3) is 5.04. The number of fused-ring (bicyclic) bond motifs is 1. The first-order valence-electron chi connectivity index (χ1n) is 11.1. The van der Waals surface area contributed by atoms with Gasteiger partial charge in [0.25, 0.3) is 5.91 Å². The van der Waals surface area contributed by atoms with Crippen LogP contribution in [0.4, 0.5) is 4.79 Å². The van der Waals surface area contributed by atoms with E-state index in [1.54, 1.807) is 41.9 Å². The van der Waals surface area contributed by atoms with Crippen molar-refractivity contribution in [2.75, 3.05) is 20.1 Å². The molecule has 1 fully saturated rings. The van der Waals surface area contributed by atoms with Gasteiger partial charge in [0.2, 0.25) is 0 Å². The summed E-state index contributed by atoms with van der Waals surface area (Å²) in [6, 6.07) is 15.0. The van der Waals surface area contributed by atoms with Crippen LogP contribution in [0, 0.1) is 23.5 Å². The molecule has 37 heavy (non-hydrogen) atoms. The fourth-order valence-electron chi connectivity index (χ4n) is 4.46. The summed E-state index contributed by atoms with van der Waals surface area (Å²) in [7, 11) is -1.25. The molecule has 0 bridgehead atoms. The van der Waals surface area contributed by atoms with Gasteiger partial charge in [-0.1, -0.05) is 35.3 Å². The van der Waals surface area contributed by atoms with Crippen molar-refractivity contribution < 1.29 is 18.0 Å². The molecule has 13 heteroatoms. The monoisotopic (exact) mass is 560 g/mol. The Morgan fingerprint density at radius 3 is 2.68 bits per heavy atom. The number of rotatable bonds is 5. The molecule has 3 amide bonds. The van der Waals surface area contributed by atoms with E-state index >= 15 is 0 Å². The summed E-state index contributed by atoms with van der Waals surface area (Å²) in [6.07, 6.45) is 0.765. The van der Waals surface area contributed by atoms with Crippen LogP contribution in [0.3, 0.4) is 0 Å². The number of nitrogens with zero attached hydrogens (tertiary/aromatic N) is 3. The Labute approximate surface area is 224 Å². The third-order valence-electron chi connectivity index (χ3n) is 6.33. The van der Waals surface area contributed by atoms with Gasteiger partial charge < -0.3 is 15.2 Å². The standard InChI is InChI=1S/C24H22Cl2N6O4S/c1-28-23(34)30-37(35,36)32-10-4-9-24(14-32,16-6-3-5-15(11-16)13-27)29-22(33)20-12-17-19(31(20)2)8-7-18(25)21(17)26/h3,5-6,11-12H,4,9-10,14H2,1-2H3,(H,29,33)(H2,28,30,34). The van der Waals surface area contributed by atoms with Crippen molar-refractivity contribution in [1.29, 1.82) is 5.26 Å². The van der Waals surface area contributed by atoms with Gasteiger partial charge in [0.15, 0.2) is 0 Å². The molecule has 2 heterocycles.